The van der Waals surface area contributed by atoms with Crippen molar-refractivity contribution in [2.45, 2.75) is 23.0 Å². The SMILES string of the molecule is COc1ccc(S(=O)(=O)C(CNS(=O)(=O)CCCc2ccccc2)c2cccnc2)cc1. The zero-order chi connectivity index (χ0) is 23.0. The molecular formula is C23H26N2O5S2. The lowest BCUT2D eigenvalue weighted by Gasteiger charge is -2.19. The van der Waals surface area contributed by atoms with E-state index in [2.05, 4.69) is 9.71 Å². The third kappa shape index (κ3) is 6.38. The van der Waals surface area contributed by atoms with Crippen LogP contribution in [-0.4, -0.2) is 41.2 Å². The van der Waals surface area contributed by atoms with Gasteiger partial charge in [-0.05, 0) is 54.3 Å². The molecule has 9 heteroatoms. The van der Waals surface area contributed by atoms with Gasteiger partial charge in [0.05, 0.1) is 17.8 Å². The van der Waals surface area contributed by atoms with Crippen LogP contribution in [0.25, 0.3) is 0 Å². The zero-order valence-electron chi connectivity index (χ0n) is 17.7. The molecule has 0 spiro atoms. The van der Waals surface area contributed by atoms with Crippen LogP contribution in [-0.2, 0) is 26.3 Å². The first kappa shape index (κ1) is 23.9. The molecule has 1 atom stereocenters. The Labute approximate surface area is 189 Å². The Morgan fingerprint density at radius 1 is 0.938 bits per heavy atom. The maximum absolute atomic E-state index is 13.3. The van der Waals surface area contributed by atoms with Gasteiger partial charge in [-0.2, -0.15) is 0 Å². The van der Waals surface area contributed by atoms with Crippen LogP contribution >= 0.6 is 0 Å². The van der Waals surface area contributed by atoms with E-state index < -0.39 is 25.1 Å². The Balaban J connectivity index is 1.74. The summed E-state index contributed by atoms with van der Waals surface area (Å²) in [5.74, 6) is 0.436. The van der Waals surface area contributed by atoms with E-state index in [9.17, 15) is 16.8 Å². The van der Waals surface area contributed by atoms with Crippen LogP contribution in [0.3, 0.4) is 0 Å². The summed E-state index contributed by atoms with van der Waals surface area (Å²) >= 11 is 0. The molecule has 1 N–H and O–H groups in total. The number of sulfonamides is 1. The van der Waals surface area contributed by atoms with Crippen LogP contribution in [0.1, 0.15) is 22.8 Å². The Hall–Kier alpha value is -2.75. The van der Waals surface area contributed by atoms with E-state index in [0.29, 0.717) is 24.2 Å². The van der Waals surface area contributed by atoms with E-state index in [4.69, 9.17) is 4.74 Å². The summed E-state index contributed by atoms with van der Waals surface area (Å²) in [6.45, 7) is -0.284. The number of benzene rings is 2. The van der Waals surface area contributed by atoms with Crippen molar-refractivity contribution in [3.63, 3.8) is 0 Å². The topological polar surface area (TPSA) is 102 Å². The zero-order valence-corrected chi connectivity index (χ0v) is 19.3. The third-order valence-corrected chi connectivity index (χ3v) is 8.58. The second-order valence-electron chi connectivity index (χ2n) is 7.25. The highest BCUT2D eigenvalue weighted by Crippen LogP contribution is 2.29. The van der Waals surface area contributed by atoms with Crippen LogP contribution in [0.4, 0.5) is 0 Å². The number of hydrogen-bond acceptors (Lipinski definition) is 6. The lowest BCUT2D eigenvalue weighted by Crippen LogP contribution is -2.33. The van der Waals surface area contributed by atoms with Gasteiger partial charge in [-0.15, -0.1) is 0 Å². The molecule has 0 bridgehead atoms. The quantitative estimate of drug-likeness (QED) is 0.458. The molecule has 0 fully saturated rings. The molecule has 170 valence electrons. The summed E-state index contributed by atoms with van der Waals surface area (Å²) in [7, 11) is -6.06. The van der Waals surface area contributed by atoms with Crippen molar-refractivity contribution in [2.24, 2.45) is 0 Å². The van der Waals surface area contributed by atoms with Gasteiger partial charge in [-0.25, -0.2) is 21.6 Å². The molecule has 0 aliphatic carbocycles. The molecule has 0 aliphatic heterocycles. The predicted octanol–water partition coefficient (Wildman–Crippen LogP) is 3.16. The number of pyridine rings is 1. The van der Waals surface area contributed by atoms with Gasteiger partial charge in [-0.1, -0.05) is 36.4 Å². The molecule has 7 nitrogen and oxygen atoms in total. The van der Waals surface area contributed by atoms with Crippen LogP contribution < -0.4 is 9.46 Å². The fraction of sp³-hybridized carbons (Fsp3) is 0.261. The average Bonchev–Trinajstić information content (AvgIpc) is 2.80. The van der Waals surface area contributed by atoms with Gasteiger partial charge in [0.25, 0.3) is 0 Å². The normalized spacial score (nSPS) is 12.9. The number of sulfone groups is 1. The Morgan fingerprint density at radius 3 is 2.28 bits per heavy atom. The molecule has 0 saturated carbocycles. The highest BCUT2D eigenvalue weighted by Gasteiger charge is 2.30. The van der Waals surface area contributed by atoms with Crippen molar-refractivity contribution in [1.29, 1.82) is 0 Å². The second kappa shape index (κ2) is 10.7. The number of methoxy groups -OCH3 is 1. The molecular weight excluding hydrogens is 448 g/mol. The lowest BCUT2D eigenvalue weighted by molar-refractivity contribution is 0.414. The first-order chi connectivity index (χ1) is 15.3. The first-order valence-electron chi connectivity index (χ1n) is 10.1. The van der Waals surface area contributed by atoms with E-state index in [0.717, 1.165) is 5.56 Å². The van der Waals surface area contributed by atoms with Crippen LogP contribution in [0.2, 0.25) is 0 Å². The maximum atomic E-state index is 13.3. The van der Waals surface area contributed by atoms with Crippen molar-refractivity contribution in [2.75, 3.05) is 19.4 Å². The standard InChI is InChI=1S/C23H26N2O5S2/c1-30-21-11-13-22(14-12-21)32(28,29)23(20-10-5-15-24-17-20)18-25-31(26,27)16-6-9-19-7-3-2-4-8-19/h2-5,7-8,10-15,17,23,25H,6,9,16,18H2,1H3. The highest BCUT2D eigenvalue weighted by atomic mass is 32.2. The van der Waals surface area contributed by atoms with Crippen LogP contribution in [0.15, 0.2) is 84.0 Å². The summed E-state index contributed by atoms with van der Waals surface area (Å²) in [6.07, 6.45) is 4.03. The molecule has 1 aromatic heterocycles. The molecule has 0 saturated heterocycles. The maximum Gasteiger partial charge on any atom is 0.211 e. The number of rotatable bonds is 11. The fourth-order valence-corrected chi connectivity index (χ4v) is 6.13. The van der Waals surface area contributed by atoms with E-state index in [1.54, 1.807) is 24.3 Å². The minimum absolute atomic E-state index is 0.0791. The minimum atomic E-state index is -3.89. The number of aromatic nitrogens is 1. The van der Waals surface area contributed by atoms with Gasteiger partial charge in [0.15, 0.2) is 9.84 Å². The summed E-state index contributed by atoms with van der Waals surface area (Å²) in [4.78, 5) is 4.09. The molecule has 3 aromatic rings. The number of ether oxygens (including phenoxy) is 1. The molecule has 1 heterocycles. The largest absolute Gasteiger partial charge is 0.497 e. The van der Waals surface area contributed by atoms with Gasteiger partial charge in [0, 0.05) is 18.9 Å². The Bertz CT molecular complexity index is 1200. The minimum Gasteiger partial charge on any atom is -0.497 e. The predicted molar refractivity (Wildman–Crippen MR) is 124 cm³/mol. The van der Waals surface area contributed by atoms with Crippen LogP contribution in [0.5, 0.6) is 5.75 Å². The van der Waals surface area contributed by atoms with Gasteiger partial charge < -0.3 is 4.74 Å². The van der Waals surface area contributed by atoms with Gasteiger partial charge in [-0.3, -0.25) is 4.98 Å². The van der Waals surface area contributed by atoms with E-state index in [1.165, 1.54) is 31.6 Å². The van der Waals surface area contributed by atoms with Gasteiger partial charge in [0.1, 0.15) is 11.0 Å². The molecule has 0 amide bonds. The lowest BCUT2D eigenvalue weighted by atomic mass is 10.1. The Morgan fingerprint density at radius 2 is 1.66 bits per heavy atom. The van der Waals surface area contributed by atoms with E-state index in [1.807, 2.05) is 30.3 Å². The molecule has 2 aromatic carbocycles. The summed E-state index contributed by atoms with van der Waals surface area (Å²) in [5, 5.41) is -1.12. The number of aryl methyl sites for hydroxylation is 1. The Kier molecular flexibility index (Phi) is 8.00. The first-order valence-corrected chi connectivity index (χ1v) is 13.3. The number of nitrogens with zero attached hydrogens (tertiary/aromatic N) is 1. The molecule has 0 radical (unpaired) electrons. The van der Waals surface area contributed by atoms with Gasteiger partial charge >= 0.3 is 0 Å². The van der Waals surface area contributed by atoms with E-state index >= 15 is 0 Å². The van der Waals surface area contributed by atoms with Crippen molar-refractivity contribution in [1.82, 2.24) is 9.71 Å². The van der Waals surface area contributed by atoms with E-state index in [-0.39, 0.29) is 17.2 Å². The number of hydrogen-bond donors (Lipinski definition) is 1. The monoisotopic (exact) mass is 474 g/mol. The summed E-state index contributed by atoms with van der Waals surface area (Å²) in [5.41, 5.74) is 1.47. The van der Waals surface area contributed by atoms with Crippen LogP contribution in [0, 0.1) is 0 Å². The smallest absolute Gasteiger partial charge is 0.211 e. The molecule has 0 aliphatic rings. The number of nitrogens with one attached hydrogen (secondary N) is 1. The van der Waals surface area contributed by atoms with Crippen molar-refractivity contribution >= 4 is 19.9 Å². The van der Waals surface area contributed by atoms with Crippen molar-refractivity contribution in [3.05, 3.63) is 90.3 Å². The third-order valence-electron chi connectivity index (χ3n) is 5.03. The highest BCUT2D eigenvalue weighted by molar-refractivity contribution is 7.92. The molecule has 32 heavy (non-hydrogen) atoms. The summed E-state index contributed by atoms with van der Waals surface area (Å²) < 4.78 is 59.4. The summed E-state index contributed by atoms with van der Waals surface area (Å²) in [6, 6.07) is 18.9. The van der Waals surface area contributed by atoms with Crippen molar-refractivity contribution in [3.8, 4) is 5.75 Å². The second-order valence-corrected chi connectivity index (χ2v) is 11.3. The average molecular weight is 475 g/mol. The molecule has 3 rings (SSSR count). The fourth-order valence-electron chi connectivity index (χ4n) is 3.29. The van der Waals surface area contributed by atoms with Gasteiger partial charge in [0.2, 0.25) is 10.0 Å². The van der Waals surface area contributed by atoms with Crippen molar-refractivity contribution < 1.29 is 21.6 Å². The molecule has 1 unspecified atom stereocenters.